The van der Waals surface area contributed by atoms with E-state index in [1.165, 1.54) is 0 Å². The van der Waals surface area contributed by atoms with E-state index >= 15 is 0 Å². The van der Waals surface area contributed by atoms with Crippen molar-refractivity contribution in [2.45, 2.75) is 30.4 Å². The SMILES string of the molecule is O=C(NCC1C(C(=O)N2CC(O)CC2C(=O)O)C1(F)F)OCC1c2ccccc2-c2ccccc21. The van der Waals surface area contributed by atoms with Crippen LogP contribution in [0.2, 0.25) is 0 Å². The number of likely N-dealkylation sites (tertiary alicyclic amines) is 1. The van der Waals surface area contributed by atoms with Crippen molar-refractivity contribution in [2.24, 2.45) is 11.8 Å². The van der Waals surface area contributed by atoms with Crippen molar-refractivity contribution >= 4 is 18.0 Å². The van der Waals surface area contributed by atoms with Gasteiger partial charge < -0.3 is 25.2 Å². The summed E-state index contributed by atoms with van der Waals surface area (Å²) in [5.74, 6) is -9.17. The molecule has 4 unspecified atom stereocenters. The minimum atomic E-state index is -3.38. The standard InChI is InChI=1S/C25H24F2N2O6/c26-25(27)19(21(25)22(31)29-11-13(30)9-20(29)23(32)33)10-28-24(34)35-12-18-16-7-3-1-5-14(16)15-6-2-4-8-17(15)18/h1-8,13,18-21,30H,9-12H2,(H,28,34)(H,32,33). The molecule has 1 saturated carbocycles. The Balaban J connectivity index is 1.18. The number of nitrogens with one attached hydrogen (secondary N) is 1. The maximum Gasteiger partial charge on any atom is 0.407 e. The zero-order valence-electron chi connectivity index (χ0n) is 18.6. The van der Waals surface area contributed by atoms with Crippen LogP contribution < -0.4 is 5.32 Å². The van der Waals surface area contributed by atoms with Gasteiger partial charge in [-0.25, -0.2) is 18.4 Å². The van der Waals surface area contributed by atoms with E-state index in [0.717, 1.165) is 27.2 Å². The summed E-state index contributed by atoms with van der Waals surface area (Å²) >= 11 is 0. The molecule has 2 aliphatic carbocycles. The summed E-state index contributed by atoms with van der Waals surface area (Å²) in [5.41, 5.74) is 4.15. The molecule has 1 aliphatic heterocycles. The van der Waals surface area contributed by atoms with Gasteiger partial charge >= 0.3 is 12.1 Å². The van der Waals surface area contributed by atoms with E-state index in [0.29, 0.717) is 0 Å². The van der Waals surface area contributed by atoms with Crippen molar-refractivity contribution in [1.82, 2.24) is 10.2 Å². The van der Waals surface area contributed by atoms with E-state index in [1.54, 1.807) is 0 Å². The van der Waals surface area contributed by atoms with Gasteiger partial charge in [0.1, 0.15) is 18.6 Å². The summed E-state index contributed by atoms with van der Waals surface area (Å²) in [5, 5.41) is 21.2. The number of β-amino-alcohol motifs (C(OH)–C–C–N with tert-alkyl or cyclic N) is 1. The molecule has 5 rings (SSSR count). The van der Waals surface area contributed by atoms with Gasteiger partial charge in [0.05, 0.1) is 12.0 Å². The number of alkyl halides is 2. The number of ether oxygens (including phenoxy) is 1. The van der Waals surface area contributed by atoms with E-state index in [9.17, 15) is 33.4 Å². The van der Waals surface area contributed by atoms with E-state index in [1.807, 2.05) is 48.5 Å². The number of carboxylic acids is 1. The van der Waals surface area contributed by atoms with E-state index in [4.69, 9.17) is 4.74 Å². The number of fused-ring (bicyclic) bond motifs is 3. The number of halogens is 2. The smallest absolute Gasteiger partial charge is 0.407 e. The molecular formula is C25H24F2N2O6. The second-order valence-electron chi connectivity index (χ2n) is 9.20. The fourth-order valence-electron chi connectivity index (χ4n) is 5.29. The first-order chi connectivity index (χ1) is 16.7. The second kappa shape index (κ2) is 8.60. The minimum Gasteiger partial charge on any atom is -0.480 e. The number of carboxylic acid groups (broad SMARTS) is 1. The third-order valence-electron chi connectivity index (χ3n) is 7.13. The number of aliphatic hydroxyl groups excluding tert-OH is 1. The minimum absolute atomic E-state index is 0.0231. The average Bonchev–Trinajstić information content (AvgIpc) is 3.11. The summed E-state index contributed by atoms with van der Waals surface area (Å²) in [4.78, 5) is 37.0. The number of nitrogens with zero attached hydrogens (tertiary/aromatic N) is 1. The van der Waals surface area contributed by atoms with Crippen LogP contribution in [0.4, 0.5) is 13.6 Å². The molecule has 2 aromatic carbocycles. The van der Waals surface area contributed by atoms with Gasteiger partial charge in [0.25, 0.3) is 5.92 Å². The van der Waals surface area contributed by atoms with E-state index in [2.05, 4.69) is 5.32 Å². The van der Waals surface area contributed by atoms with Gasteiger partial charge in [0, 0.05) is 25.4 Å². The number of rotatable bonds is 6. The van der Waals surface area contributed by atoms with Crippen molar-refractivity contribution in [3.63, 3.8) is 0 Å². The molecule has 3 N–H and O–H groups in total. The van der Waals surface area contributed by atoms with Crippen molar-refractivity contribution in [2.75, 3.05) is 19.7 Å². The highest BCUT2D eigenvalue weighted by atomic mass is 19.3. The number of alkyl carbamates (subject to hydrolysis) is 1. The van der Waals surface area contributed by atoms with Gasteiger partial charge in [-0.15, -0.1) is 0 Å². The Labute approximate surface area is 199 Å². The number of amides is 2. The van der Waals surface area contributed by atoms with E-state index < -0.39 is 54.4 Å². The molecule has 3 aliphatic rings. The predicted molar refractivity (Wildman–Crippen MR) is 119 cm³/mol. The summed E-state index contributed by atoms with van der Waals surface area (Å²) in [6.07, 6.45) is -2.16. The van der Waals surface area contributed by atoms with Crippen LogP contribution in [-0.2, 0) is 14.3 Å². The molecule has 1 heterocycles. The van der Waals surface area contributed by atoms with Crippen LogP contribution in [0.5, 0.6) is 0 Å². The van der Waals surface area contributed by atoms with Crippen LogP contribution in [0.3, 0.4) is 0 Å². The Kier molecular flexibility index (Phi) is 5.71. The molecule has 1 saturated heterocycles. The lowest BCUT2D eigenvalue weighted by molar-refractivity contribution is -0.149. The maximum atomic E-state index is 14.4. The molecular weight excluding hydrogens is 462 g/mol. The molecule has 0 bridgehead atoms. The summed E-state index contributed by atoms with van der Waals surface area (Å²) in [6, 6.07) is 14.2. The highest BCUT2D eigenvalue weighted by molar-refractivity contribution is 5.89. The van der Waals surface area contributed by atoms with Gasteiger partial charge in [0.15, 0.2) is 0 Å². The Bertz CT molecular complexity index is 1140. The Morgan fingerprint density at radius 3 is 2.26 bits per heavy atom. The Morgan fingerprint density at radius 1 is 1.06 bits per heavy atom. The maximum absolute atomic E-state index is 14.4. The third-order valence-corrected chi connectivity index (χ3v) is 7.13. The normalized spacial score (nSPS) is 26.1. The average molecular weight is 486 g/mol. The zero-order valence-corrected chi connectivity index (χ0v) is 18.6. The lowest BCUT2D eigenvalue weighted by Crippen LogP contribution is -2.42. The molecule has 8 nitrogen and oxygen atoms in total. The summed E-state index contributed by atoms with van der Waals surface area (Å²) in [6.45, 7) is -0.779. The van der Waals surface area contributed by atoms with Crippen molar-refractivity contribution in [3.05, 3.63) is 59.7 Å². The highest BCUT2D eigenvalue weighted by Crippen LogP contribution is 2.56. The predicted octanol–water partition coefficient (Wildman–Crippen LogP) is 2.45. The van der Waals surface area contributed by atoms with Gasteiger partial charge in [-0.3, -0.25) is 4.79 Å². The van der Waals surface area contributed by atoms with Crippen molar-refractivity contribution in [1.29, 1.82) is 0 Å². The van der Waals surface area contributed by atoms with Crippen LogP contribution in [0, 0.1) is 11.8 Å². The first-order valence-corrected chi connectivity index (χ1v) is 11.4. The highest BCUT2D eigenvalue weighted by Gasteiger charge is 2.73. The van der Waals surface area contributed by atoms with Crippen LogP contribution >= 0.6 is 0 Å². The molecule has 2 aromatic rings. The quantitative estimate of drug-likeness (QED) is 0.578. The van der Waals surface area contributed by atoms with E-state index in [-0.39, 0.29) is 25.5 Å². The zero-order chi connectivity index (χ0) is 24.9. The fraction of sp³-hybridized carbons (Fsp3) is 0.400. The van der Waals surface area contributed by atoms with Gasteiger partial charge in [-0.05, 0) is 22.3 Å². The first kappa shape index (κ1) is 23.2. The summed E-state index contributed by atoms with van der Waals surface area (Å²) in [7, 11) is 0. The topological polar surface area (TPSA) is 116 Å². The molecule has 0 radical (unpaired) electrons. The molecule has 2 fully saturated rings. The lowest BCUT2D eigenvalue weighted by atomic mass is 9.98. The molecule has 2 amide bonds. The molecule has 35 heavy (non-hydrogen) atoms. The number of carbonyl (C=O) groups is 3. The summed E-state index contributed by atoms with van der Waals surface area (Å²) < 4.78 is 34.0. The van der Waals surface area contributed by atoms with Crippen LogP contribution in [0.15, 0.2) is 48.5 Å². The number of aliphatic carboxylic acids is 1. The van der Waals surface area contributed by atoms with Crippen molar-refractivity contribution < 1.29 is 38.1 Å². The molecule has 184 valence electrons. The number of benzene rings is 2. The van der Waals surface area contributed by atoms with Crippen molar-refractivity contribution in [3.8, 4) is 11.1 Å². The largest absolute Gasteiger partial charge is 0.480 e. The van der Waals surface area contributed by atoms with Gasteiger partial charge in [-0.1, -0.05) is 48.5 Å². The van der Waals surface area contributed by atoms with Gasteiger partial charge in [0.2, 0.25) is 5.91 Å². The Hall–Kier alpha value is -3.53. The monoisotopic (exact) mass is 486 g/mol. The second-order valence-corrected chi connectivity index (χ2v) is 9.20. The third kappa shape index (κ3) is 4.01. The number of aliphatic hydroxyl groups is 1. The Morgan fingerprint density at radius 2 is 1.66 bits per heavy atom. The van der Waals surface area contributed by atoms with Crippen LogP contribution in [0.1, 0.15) is 23.5 Å². The fourth-order valence-corrected chi connectivity index (χ4v) is 5.29. The van der Waals surface area contributed by atoms with Crippen LogP contribution in [-0.4, -0.2) is 70.8 Å². The molecule has 0 aromatic heterocycles. The first-order valence-electron chi connectivity index (χ1n) is 11.4. The number of hydrogen-bond donors (Lipinski definition) is 3. The van der Waals surface area contributed by atoms with Crippen LogP contribution in [0.25, 0.3) is 11.1 Å². The molecule has 4 atom stereocenters. The number of carbonyl (C=O) groups excluding carboxylic acids is 2. The molecule has 0 spiro atoms. The lowest BCUT2D eigenvalue weighted by Gasteiger charge is -2.21. The number of hydrogen-bond acceptors (Lipinski definition) is 5. The van der Waals surface area contributed by atoms with Gasteiger partial charge in [-0.2, -0.15) is 0 Å². The molecule has 10 heteroatoms.